The highest BCUT2D eigenvalue weighted by Gasteiger charge is 2.23. The number of hydrogen-bond donors (Lipinski definition) is 0. The molecule has 0 saturated heterocycles. The first-order valence-electron chi connectivity index (χ1n) is 44.2. The van der Waals surface area contributed by atoms with Crippen molar-refractivity contribution < 1.29 is 0 Å². The van der Waals surface area contributed by atoms with Crippen LogP contribution >= 0.6 is 0 Å². The summed E-state index contributed by atoms with van der Waals surface area (Å²) < 4.78 is 9.57. The number of para-hydroxylation sites is 5. The lowest BCUT2D eigenvalue weighted by Crippen LogP contribution is -1.97. The van der Waals surface area contributed by atoms with E-state index in [4.69, 9.17) is 19.9 Å². The van der Waals surface area contributed by atoms with Crippen LogP contribution in [0.2, 0.25) is 0 Å². The topological polar surface area (TPSA) is 71.3 Å². The molecule has 0 bridgehead atoms. The summed E-state index contributed by atoms with van der Waals surface area (Å²) in [5.41, 5.74) is 35.4. The minimum atomic E-state index is 0.701. The number of nitrogens with zero attached hydrogens (tertiary/aromatic N) is 8. The second-order valence-electron chi connectivity index (χ2n) is 33.2. The lowest BCUT2D eigenvalue weighted by atomic mass is 9.98. The molecular formula is C122H80N8. The molecular weight excluding hydrogens is 1580 g/mol. The molecule has 0 aliphatic heterocycles. The van der Waals surface area contributed by atoms with Crippen molar-refractivity contribution in [2.75, 3.05) is 0 Å². The van der Waals surface area contributed by atoms with Crippen LogP contribution in [-0.4, -0.2) is 38.2 Å². The molecule has 130 heavy (non-hydrogen) atoms. The molecule has 0 fully saturated rings. The molecule has 0 aliphatic carbocycles. The molecule has 0 spiro atoms. The van der Waals surface area contributed by atoms with Crippen molar-refractivity contribution in [1.82, 2.24) is 38.2 Å². The SMILES string of the molecule is c1ccc(-c2cc(-c3ccccc3)cc(-n3c4ccccc4c4cc(-c5ccc6c(c5)c5ccccc5n6-c5ccc(-c6cc(-c7ccccc7)nc(-c7ccccc7)n6)cc5)ccc43)c2)cc1.c1ccc(-c2cccc(-c3cc(-c4ccc(-n5c6ccccc6c6cc(-c7ccc8c(c7)c7ccccc7n8-c7ccccc7)ccc65)cc4)nc(-c4ccccc4)n3)c2)cc1. The van der Waals surface area contributed by atoms with Gasteiger partial charge in [0.15, 0.2) is 11.6 Å². The maximum Gasteiger partial charge on any atom is 0.160 e. The third-order valence-corrected chi connectivity index (χ3v) is 25.5. The number of benzene rings is 19. The third kappa shape index (κ3) is 13.9. The fraction of sp³-hybridized carbons (Fsp3) is 0. The predicted molar refractivity (Wildman–Crippen MR) is 541 cm³/mol. The van der Waals surface area contributed by atoms with Crippen LogP contribution < -0.4 is 0 Å². The second-order valence-corrected chi connectivity index (χ2v) is 33.2. The molecule has 0 N–H and O–H groups in total. The van der Waals surface area contributed by atoms with E-state index in [2.05, 4.69) is 455 Å². The first-order chi connectivity index (χ1) is 64.4. The summed E-state index contributed by atoms with van der Waals surface area (Å²) in [6, 6.07) is 173. The van der Waals surface area contributed by atoms with Crippen molar-refractivity contribution in [3.05, 3.63) is 485 Å². The Morgan fingerprint density at radius 3 is 0.685 bits per heavy atom. The van der Waals surface area contributed by atoms with E-state index in [9.17, 15) is 0 Å². The van der Waals surface area contributed by atoms with Gasteiger partial charge in [-0.2, -0.15) is 0 Å². The summed E-state index contributed by atoms with van der Waals surface area (Å²) in [4.78, 5) is 20.4. The Morgan fingerprint density at radius 2 is 0.338 bits per heavy atom. The van der Waals surface area contributed by atoms with Crippen LogP contribution in [0.3, 0.4) is 0 Å². The third-order valence-electron chi connectivity index (χ3n) is 25.5. The molecule has 8 nitrogen and oxygen atoms in total. The maximum atomic E-state index is 5.14. The molecule has 608 valence electrons. The van der Waals surface area contributed by atoms with Crippen molar-refractivity contribution in [3.8, 4) is 146 Å². The van der Waals surface area contributed by atoms with E-state index < -0.39 is 0 Å². The molecule has 0 unspecified atom stereocenters. The minimum Gasteiger partial charge on any atom is -0.309 e. The zero-order valence-corrected chi connectivity index (χ0v) is 70.8. The molecule has 0 saturated carbocycles. The molecule has 0 radical (unpaired) electrons. The average molecular weight is 1660 g/mol. The second kappa shape index (κ2) is 32.6. The molecule has 6 aromatic heterocycles. The van der Waals surface area contributed by atoms with Crippen LogP contribution in [0.1, 0.15) is 0 Å². The Morgan fingerprint density at radius 1 is 0.115 bits per heavy atom. The van der Waals surface area contributed by atoms with E-state index in [-0.39, 0.29) is 0 Å². The van der Waals surface area contributed by atoms with Gasteiger partial charge in [-0.3, -0.25) is 0 Å². The smallest absolute Gasteiger partial charge is 0.160 e. The van der Waals surface area contributed by atoms with Crippen molar-refractivity contribution in [1.29, 1.82) is 0 Å². The Hall–Kier alpha value is -17.5. The molecule has 19 aromatic carbocycles. The zero-order valence-electron chi connectivity index (χ0n) is 70.8. The van der Waals surface area contributed by atoms with Gasteiger partial charge in [0.2, 0.25) is 0 Å². The number of aromatic nitrogens is 8. The monoisotopic (exact) mass is 1660 g/mol. The van der Waals surface area contributed by atoms with Gasteiger partial charge in [-0.25, -0.2) is 19.9 Å². The summed E-state index contributed by atoms with van der Waals surface area (Å²) >= 11 is 0. The van der Waals surface area contributed by atoms with Crippen LogP contribution in [0.5, 0.6) is 0 Å². The van der Waals surface area contributed by atoms with E-state index in [0.717, 1.165) is 90.0 Å². The van der Waals surface area contributed by atoms with Gasteiger partial charge in [0.25, 0.3) is 0 Å². The summed E-state index contributed by atoms with van der Waals surface area (Å²) in [6.45, 7) is 0. The van der Waals surface area contributed by atoms with Gasteiger partial charge in [0.1, 0.15) is 0 Å². The van der Waals surface area contributed by atoms with Gasteiger partial charge in [0.05, 0.1) is 66.9 Å². The molecule has 0 amide bonds. The summed E-state index contributed by atoms with van der Waals surface area (Å²) in [7, 11) is 0. The molecule has 0 aliphatic rings. The molecule has 6 heterocycles. The van der Waals surface area contributed by atoms with Crippen LogP contribution in [0.15, 0.2) is 485 Å². The van der Waals surface area contributed by atoms with Crippen molar-refractivity contribution in [3.63, 3.8) is 0 Å². The molecule has 25 aromatic rings. The van der Waals surface area contributed by atoms with Crippen LogP contribution in [0.4, 0.5) is 0 Å². The zero-order chi connectivity index (χ0) is 86.0. The summed E-state index contributed by atoms with van der Waals surface area (Å²) in [5.74, 6) is 1.41. The summed E-state index contributed by atoms with van der Waals surface area (Å²) in [5, 5.41) is 9.83. The first-order valence-corrected chi connectivity index (χ1v) is 44.2. The lowest BCUT2D eigenvalue weighted by Gasteiger charge is -2.14. The fourth-order valence-corrected chi connectivity index (χ4v) is 19.2. The largest absolute Gasteiger partial charge is 0.309 e. The minimum absolute atomic E-state index is 0.701. The Balaban J connectivity index is 0.000000145. The first kappa shape index (κ1) is 76.2. The van der Waals surface area contributed by atoms with Crippen molar-refractivity contribution >= 4 is 87.2 Å². The van der Waals surface area contributed by atoms with Gasteiger partial charge >= 0.3 is 0 Å². The van der Waals surface area contributed by atoms with Crippen LogP contribution in [0.25, 0.3) is 233 Å². The maximum absolute atomic E-state index is 5.14. The van der Waals surface area contributed by atoms with Gasteiger partial charge in [-0.1, -0.05) is 340 Å². The fourth-order valence-electron chi connectivity index (χ4n) is 19.2. The van der Waals surface area contributed by atoms with Gasteiger partial charge in [-0.15, -0.1) is 0 Å². The average Bonchev–Trinajstić information content (AvgIpc) is 1.58. The predicted octanol–water partition coefficient (Wildman–Crippen LogP) is 31.7. The van der Waals surface area contributed by atoms with Gasteiger partial charge in [0, 0.05) is 99.2 Å². The van der Waals surface area contributed by atoms with E-state index in [1.807, 2.05) is 48.5 Å². The van der Waals surface area contributed by atoms with E-state index in [1.165, 1.54) is 132 Å². The highest BCUT2D eigenvalue weighted by atomic mass is 15.0. The Kier molecular flexibility index (Phi) is 19.1. The highest BCUT2D eigenvalue weighted by Crippen LogP contribution is 2.44. The van der Waals surface area contributed by atoms with Gasteiger partial charge < -0.3 is 18.3 Å². The van der Waals surface area contributed by atoms with Gasteiger partial charge in [-0.05, 0) is 201 Å². The van der Waals surface area contributed by atoms with Crippen molar-refractivity contribution in [2.24, 2.45) is 0 Å². The number of hydrogen-bond acceptors (Lipinski definition) is 4. The van der Waals surface area contributed by atoms with E-state index in [1.54, 1.807) is 0 Å². The highest BCUT2D eigenvalue weighted by molar-refractivity contribution is 6.15. The Labute approximate surface area is 751 Å². The molecule has 0 atom stereocenters. The number of fused-ring (bicyclic) bond motifs is 12. The lowest BCUT2D eigenvalue weighted by molar-refractivity contribution is 1.17. The van der Waals surface area contributed by atoms with Crippen LogP contribution in [-0.2, 0) is 0 Å². The Bertz CT molecular complexity index is 8480. The number of rotatable bonds is 15. The van der Waals surface area contributed by atoms with E-state index in [0.29, 0.717) is 11.6 Å². The molecule has 25 rings (SSSR count). The standard InChI is InChI=1S/C64H42N4.C58H38N4/c1-5-17-43(18-6-1)50-37-51(44-19-7-2-8-20-44)39-53(38-50)68-61-28-16-14-26-55(61)57-41-49(32-36-63(57)68)48-31-35-62-56(40-48)54-25-13-15-27-60(54)67(62)52-33-29-46(30-34-52)59-42-58(45-21-9-3-10-22-45)65-64(66-59)47-23-11-4-12-24-47;1-4-15-39(16-5-1)42-19-14-20-45(35-42)53-38-52(59-58(60-53)41-17-6-2-7-18-41)40-27-31-47(32-28-40)62-55-26-13-11-24-49(55)51-37-44(30-34-57(51)62)43-29-33-56-50(36-43)48-23-10-12-25-54(48)61(56)46-21-8-3-9-22-46/h1-42H;1-38H. The summed E-state index contributed by atoms with van der Waals surface area (Å²) in [6.07, 6.45) is 0. The normalized spacial score (nSPS) is 11.5. The van der Waals surface area contributed by atoms with Crippen LogP contribution in [0, 0.1) is 0 Å². The van der Waals surface area contributed by atoms with Crippen molar-refractivity contribution in [2.45, 2.75) is 0 Å². The quantitative estimate of drug-likeness (QED) is 0.103. The molecule has 8 heteroatoms. The van der Waals surface area contributed by atoms with E-state index >= 15 is 0 Å².